The maximum Gasteiger partial charge on any atom is 0.187 e. The molecular formula is C17H26O3S. The van der Waals surface area contributed by atoms with Crippen LogP contribution in [0.4, 0.5) is 0 Å². The zero-order chi connectivity index (χ0) is 15.7. The molecule has 0 saturated heterocycles. The van der Waals surface area contributed by atoms with Crippen LogP contribution in [0.2, 0.25) is 0 Å². The maximum absolute atomic E-state index is 11.8. The standard InChI is InChI=1S/C17H26O3S/c1-10(2)13-7-5-11(3)9-14(13)16-15(18)8-6-12(4)17(16)21(19)20/h6,8,10-11,13-14,18H,5,7,9H2,1-4H3,(H,19,20). The number of benzene rings is 1. The molecule has 2 N–H and O–H groups in total. The summed E-state index contributed by atoms with van der Waals surface area (Å²) in [6.07, 6.45) is 3.29. The van der Waals surface area contributed by atoms with Gasteiger partial charge in [0.15, 0.2) is 11.1 Å². The average molecular weight is 310 g/mol. The predicted molar refractivity (Wildman–Crippen MR) is 86.0 cm³/mol. The van der Waals surface area contributed by atoms with Gasteiger partial charge in [0, 0.05) is 5.56 Å². The number of phenols is 1. The SMILES string of the molecule is Cc1ccc(O)c(C2CC(C)CCC2C(C)C)c1S(=O)O. The Labute approximate surface area is 130 Å². The van der Waals surface area contributed by atoms with Crippen LogP contribution in [0.3, 0.4) is 0 Å². The fourth-order valence-corrected chi connectivity index (χ4v) is 4.61. The van der Waals surface area contributed by atoms with Crippen LogP contribution in [0.1, 0.15) is 57.1 Å². The van der Waals surface area contributed by atoms with Gasteiger partial charge >= 0.3 is 0 Å². The van der Waals surface area contributed by atoms with Crippen LogP contribution in [0.25, 0.3) is 0 Å². The number of aromatic hydroxyl groups is 1. The van der Waals surface area contributed by atoms with Crippen molar-refractivity contribution in [1.29, 1.82) is 0 Å². The van der Waals surface area contributed by atoms with Crippen molar-refractivity contribution in [1.82, 2.24) is 0 Å². The monoisotopic (exact) mass is 310 g/mol. The number of hydrogen-bond donors (Lipinski definition) is 2. The lowest BCUT2D eigenvalue weighted by Crippen LogP contribution is -2.27. The quantitative estimate of drug-likeness (QED) is 0.811. The van der Waals surface area contributed by atoms with Crippen molar-refractivity contribution in [3.8, 4) is 5.75 Å². The Balaban J connectivity index is 2.56. The summed E-state index contributed by atoms with van der Waals surface area (Å²) in [6, 6.07) is 3.39. The molecule has 4 unspecified atom stereocenters. The van der Waals surface area contributed by atoms with E-state index in [4.69, 9.17) is 0 Å². The molecule has 0 spiro atoms. The van der Waals surface area contributed by atoms with E-state index >= 15 is 0 Å². The van der Waals surface area contributed by atoms with E-state index in [0.717, 1.165) is 18.4 Å². The Morgan fingerprint density at radius 2 is 1.95 bits per heavy atom. The second-order valence-electron chi connectivity index (χ2n) is 6.83. The van der Waals surface area contributed by atoms with Gasteiger partial charge in [0.05, 0.1) is 4.90 Å². The Morgan fingerprint density at radius 3 is 2.52 bits per heavy atom. The van der Waals surface area contributed by atoms with Crippen LogP contribution < -0.4 is 0 Å². The van der Waals surface area contributed by atoms with E-state index < -0.39 is 11.1 Å². The molecule has 4 atom stereocenters. The molecule has 2 rings (SSSR count). The van der Waals surface area contributed by atoms with Gasteiger partial charge < -0.3 is 9.66 Å². The third-order valence-electron chi connectivity index (χ3n) is 4.94. The number of hydrogen-bond acceptors (Lipinski definition) is 2. The van der Waals surface area contributed by atoms with Crippen molar-refractivity contribution in [3.05, 3.63) is 23.3 Å². The highest BCUT2D eigenvalue weighted by Crippen LogP contribution is 2.48. The van der Waals surface area contributed by atoms with Crippen molar-refractivity contribution >= 4 is 11.1 Å². The molecule has 21 heavy (non-hydrogen) atoms. The molecule has 1 fully saturated rings. The fourth-order valence-electron chi connectivity index (χ4n) is 3.82. The van der Waals surface area contributed by atoms with Crippen LogP contribution >= 0.6 is 0 Å². The Bertz CT molecular complexity index is 539. The highest BCUT2D eigenvalue weighted by atomic mass is 32.2. The number of aryl methyl sites for hydroxylation is 1. The van der Waals surface area contributed by atoms with E-state index in [2.05, 4.69) is 20.8 Å². The molecule has 1 saturated carbocycles. The highest BCUT2D eigenvalue weighted by molar-refractivity contribution is 7.79. The first-order valence-electron chi connectivity index (χ1n) is 7.76. The topological polar surface area (TPSA) is 57.5 Å². The van der Waals surface area contributed by atoms with Gasteiger partial charge in [-0.25, -0.2) is 4.21 Å². The molecule has 0 amide bonds. The van der Waals surface area contributed by atoms with E-state index in [1.807, 2.05) is 6.92 Å². The molecule has 1 aromatic rings. The van der Waals surface area contributed by atoms with Crippen molar-refractivity contribution < 1.29 is 13.9 Å². The third-order valence-corrected chi connectivity index (χ3v) is 5.83. The first kappa shape index (κ1) is 16.5. The van der Waals surface area contributed by atoms with E-state index in [-0.39, 0.29) is 11.7 Å². The van der Waals surface area contributed by atoms with Gasteiger partial charge in [0.25, 0.3) is 0 Å². The van der Waals surface area contributed by atoms with E-state index in [1.54, 1.807) is 12.1 Å². The molecule has 1 aliphatic rings. The van der Waals surface area contributed by atoms with Gasteiger partial charge in [-0.2, -0.15) is 0 Å². The van der Waals surface area contributed by atoms with Gasteiger partial charge in [-0.15, -0.1) is 0 Å². The lowest BCUT2D eigenvalue weighted by Gasteiger charge is -2.38. The second kappa shape index (κ2) is 6.49. The summed E-state index contributed by atoms with van der Waals surface area (Å²) < 4.78 is 21.5. The lowest BCUT2D eigenvalue weighted by molar-refractivity contribution is 0.192. The molecule has 0 heterocycles. The summed E-state index contributed by atoms with van der Waals surface area (Å²) in [5, 5.41) is 10.4. The van der Waals surface area contributed by atoms with Crippen LogP contribution in [0.15, 0.2) is 17.0 Å². The normalized spacial score (nSPS) is 27.8. The Hall–Kier alpha value is -0.870. The lowest BCUT2D eigenvalue weighted by atomic mass is 9.67. The molecule has 0 bridgehead atoms. The summed E-state index contributed by atoms with van der Waals surface area (Å²) in [5.41, 5.74) is 1.49. The molecular weight excluding hydrogens is 284 g/mol. The molecule has 4 heteroatoms. The first-order valence-corrected chi connectivity index (χ1v) is 8.86. The maximum atomic E-state index is 11.8. The molecule has 0 aromatic heterocycles. The Kier molecular flexibility index (Phi) is 5.10. The molecule has 0 aliphatic heterocycles. The minimum Gasteiger partial charge on any atom is -0.508 e. The van der Waals surface area contributed by atoms with Crippen LogP contribution in [-0.2, 0) is 11.1 Å². The van der Waals surface area contributed by atoms with Crippen molar-refractivity contribution in [2.45, 2.75) is 57.8 Å². The third kappa shape index (κ3) is 3.32. The molecule has 3 nitrogen and oxygen atoms in total. The minimum atomic E-state index is -2.06. The van der Waals surface area contributed by atoms with Crippen molar-refractivity contribution in [3.63, 3.8) is 0 Å². The van der Waals surface area contributed by atoms with Crippen LogP contribution in [0, 0.1) is 24.7 Å². The largest absolute Gasteiger partial charge is 0.508 e. The van der Waals surface area contributed by atoms with Crippen LogP contribution in [-0.4, -0.2) is 13.9 Å². The predicted octanol–water partition coefficient (Wildman–Crippen LogP) is 4.46. The summed E-state index contributed by atoms with van der Waals surface area (Å²) in [5.74, 6) is 1.88. The Morgan fingerprint density at radius 1 is 1.29 bits per heavy atom. The smallest absolute Gasteiger partial charge is 0.187 e. The summed E-state index contributed by atoms with van der Waals surface area (Å²) in [4.78, 5) is 0.416. The fraction of sp³-hybridized carbons (Fsp3) is 0.647. The van der Waals surface area contributed by atoms with Crippen molar-refractivity contribution in [2.24, 2.45) is 17.8 Å². The highest BCUT2D eigenvalue weighted by Gasteiger charge is 2.35. The van der Waals surface area contributed by atoms with E-state index in [0.29, 0.717) is 28.2 Å². The molecule has 1 aliphatic carbocycles. The molecule has 118 valence electrons. The van der Waals surface area contributed by atoms with Gasteiger partial charge in [0.2, 0.25) is 0 Å². The molecule has 0 radical (unpaired) electrons. The minimum absolute atomic E-state index is 0.166. The zero-order valence-electron chi connectivity index (χ0n) is 13.3. The van der Waals surface area contributed by atoms with Crippen LogP contribution in [0.5, 0.6) is 5.75 Å². The number of phenolic OH excluding ortho intramolecular Hbond substituents is 1. The van der Waals surface area contributed by atoms with E-state index in [1.165, 1.54) is 6.42 Å². The van der Waals surface area contributed by atoms with Crippen molar-refractivity contribution in [2.75, 3.05) is 0 Å². The average Bonchev–Trinajstić information content (AvgIpc) is 2.40. The molecule has 1 aromatic carbocycles. The summed E-state index contributed by atoms with van der Waals surface area (Å²) in [7, 11) is 0. The zero-order valence-corrected chi connectivity index (χ0v) is 14.1. The number of rotatable bonds is 3. The second-order valence-corrected chi connectivity index (χ2v) is 7.73. The summed E-state index contributed by atoms with van der Waals surface area (Å²) in [6.45, 7) is 8.47. The summed E-state index contributed by atoms with van der Waals surface area (Å²) >= 11 is -2.06. The van der Waals surface area contributed by atoms with Gasteiger partial charge in [-0.05, 0) is 55.1 Å². The van der Waals surface area contributed by atoms with Gasteiger partial charge in [-0.1, -0.05) is 33.3 Å². The van der Waals surface area contributed by atoms with E-state index in [9.17, 15) is 13.9 Å². The van der Waals surface area contributed by atoms with Gasteiger partial charge in [-0.3, -0.25) is 0 Å². The van der Waals surface area contributed by atoms with Gasteiger partial charge in [0.1, 0.15) is 5.75 Å². The first-order chi connectivity index (χ1) is 9.82.